The number of hydrogen-bond acceptors (Lipinski definition) is 5. The van der Waals surface area contributed by atoms with Crippen LogP contribution in [0.25, 0.3) is 0 Å². The lowest BCUT2D eigenvalue weighted by atomic mass is 10.1. The molecule has 152 valence electrons. The highest BCUT2D eigenvalue weighted by Crippen LogP contribution is 2.33. The summed E-state index contributed by atoms with van der Waals surface area (Å²) in [5.41, 5.74) is 2.88. The van der Waals surface area contributed by atoms with Crippen LogP contribution < -0.4 is 19.1 Å². The maximum Gasteiger partial charge on any atom is 0.245 e. The van der Waals surface area contributed by atoms with Gasteiger partial charge in [0, 0.05) is 11.8 Å². The number of methoxy groups -OCH3 is 2. The highest BCUT2D eigenvalue weighted by Gasteiger charge is 2.25. The van der Waals surface area contributed by atoms with Crippen LogP contribution in [0, 0.1) is 6.92 Å². The minimum Gasteiger partial charge on any atom is -0.497 e. The molecule has 0 aliphatic rings. The highest BCUT2D eigenvalue weighted by molar-refractivity contribution is 7.92. The van der Waals surface area contributed by atoms with Crippen molar-refractivity contribution in [3.8, 4) is 11.5 Å². The van der Waals surface area contributed by atoms with Gasteiger partial charge >= 0.3 is 0 Å². The van der Waals surface area contributed by atoms with Crippen LogP contribution in [0.5, 0.6) is 11.5 Å². The number of anilines is 2. The number of nitrogens with zero attached hydrogens (tertiary/aromatic N) is 1. The first kappa shape index (κ1) is 21.6. The lowest BCUT2D eigenvalue weighted by Gasteiger charge is -2.24. The highest BCUT2D eigenvalue weighted by atomic mass is 32.2. The number of ether oxygens (including phenoxy) is 2. The van der Waals surface area contributed by atoms with Gasteiger partial charge in [-0.15, -0.1) is 0 Å². The fourth-order valence-corrected chi connectivity index (χ4v) is 3.74. The van der Waals surface area contributed by atoms with Crippen molar-refractivity contribution in [1.29, 1.82) is 0 Å². The monoisotopic (exact) mass is 406 g/mol. The Hall–Kier alpha value is -2.74. The maximum absolute atomic E-state index is 12.7. The van der Waals surface area contributed by atoms with Crippen LogP contribution >= 0.6 is 0 Å². The van der Waals surface area contributed by atoms with E-state index in [1.165, 1.54) is 14.2 Å². The van der Waals surface area contributed by atoms with E-state index in [4.69, 9.17) is 9.47 Å². The predicted molar refractivity (Wildman–Crippen MR) is 111 cm³/mol. The molecular formula is C20H26N2O5S. The SMILES string of the molecule is CCc1cccc(C)c1NC(=O)CN(c1ccc(OC)cc1OC)S(C)(=O)=O. The van der Waals surface area contributed by atoms with Gasteiger partial charge in [0.15, 0.2) is 0 Å². The van der Waals surface area contributed by atoms with Gasteiger partial charge in [0.2, 0.25) is 15.9 Å². The first-order chi connectivity index (χ1) is 13.2. The fourth-order valence-electron chi connectivity index (χ4n) is 2.88. The van der Waals surface area contributed by atoms with Crippen LogP contribution in [-0.2, 0) is 21.2 Å². The lowest BCUT2D eigenvalue weighted by molar-refractivity contribution is -0.114. The quantitative estimate of drug-likeness (QED) is 0.728. The first-order valence-corrected chi connectivity index (χ1v) is 10.6. The molecule has 2 rings (SSSR count). The zero-order chi connectivity index (χ0) is 20.9. The molecule has 0 saturated heterocycles. The number of nitrogens with one attached hydrogen (secondary N) is 1. The summed E-state index contributed by atoms with van der Waals surface area (Å²) < 4.78 is 36.3. The van der Waals surface area contributed by atoms with Crippen molar-refractivity contribution in [1.82, 2.24) is 0 Å². The van der Waals surface area contributed by atoms with E-state index in [0.29, 0.717) is 17.2 Å². The predicted octanol–water partition coefficient (Wildman–Crippen LogP) is 2.98. The standard InChI is InChI=1S/C20H26N2O5S/c1-6-15-9-7-8-14(2)20(15)21-19(23)13-22(28(5,24)25)17-11-10-16(26-3)12-18(17)27-4/h7-12H,6,13H2,1-5H3,(H,21,23). The Morgan fingerprint density at radius 1 is 1.14 bits per heavy atom. The molecular weight excluding hydrogens is 380 g/mol. The Labute approximate surface area is 166 Å². The molecule has 0 fully saturated rings. The van der Waals surface area contributed by atoms with Crippen molar-refractivity contribution in [2.24, 2.45) is 0 Å². The third-order valence-corrected chi connectivity index (χ3v) is 5.47. The number of benzene rings is 2. The van der Waals surface area contributed by atoms with Crippen molar-refractivity contribution in [2.75, 3.05) is 36.6 Å². The first-order valence-electron chi connectivity index (χ1n) is 8.79. The summed E-state index contributed by atoms with van der Waals surface area (Å²) in [5, 5.41) is 2.85. The third-order valence-electron chi connectivity index (χ3n) is 4.35. The van der Waals surface area contributed by atoms with E-state index < -0.39 is 15.9 Å². The van der Waals surface area contributed by atoms with Crippen molar-refractivity contribution in [2.45, 2.75) is 20.3 Å². The van der Waals surface area contributed by atoms with E-state index in [1.807, 2.05) is 32.0 Å². The van der Waals surface area contributed by atoms with Gasteiger partial charge in [0.25, 0.3) is 0 Å². The number of carbonyl (C=O) groups excluding carboxylic acids is 1. The van der Waals surface area contributed by atoms with Crippen LogP contribution in [-0.4, -0.2) is 41.3 Å². The number of carbonyl (C=O) groups is 1. The molecule has 0 atom stereocenters. The van der Waals surface area contributed by atoms with Gasteiger partial charge in [-0.25, -0.2) is 8.42 Å². The number of aryl methyl sites for hydroxylation is 2. The summed E-state index contributed by atoms with van der Waals surface area (Å²) in [6, 6.07) is 10.5. The average molecular weight is 407 g/mol. The Morgan fingerprint density at radius 3 is 2.43 bits per heavy atom. The molecule has 7 nitrogen and oxygen atoms in total. The summed E-state index contributed by atoms with van der Waals surface area (Å²) in [6.45, 7) is 3.52. The topological polar surface area (TPSA) is 84.9 Å². The van der Waals surface area contributed by atoms with E-state index in [0.717, 1.165) is 28.1 Å². The number of sulfonamides is 1. The van der Waals surface area contributed by atoms with Crippen LogP contribution in [0.3, 0.4) is 0 Å². The minimum atomic E-state index is -3.73. The van der Waals surface area contributed by atoms with Gasteiger partial charge in [-0.2, -0.15) is 0 Å². The van der Waals surface area contributed by atoms with Gasteiger partial charge in [0.05, 0.1) is 26.2 Å². The summed E-state index contributed by atoms with van der Waals surface area (Å²) in [4.78, 5) is 12.7. The smallest absolute Gasteiger partial charge is 0.245 e. The summed E-state index contributed by atoms with van der Waals surface area (Å²) in [5.74, 6) is 0.376. The van der Waals surface area contributed by atoms with Crippen molar-refractivity contribution >= 4 is 27.3 Å². The van der Waals surface area contributed by atoms with Gasteiger partial charge < -0.3 is 14.8 Å². The van der Waals surface area contributed by atoms with Crippen LogP contribution in [0.1, 0.15) is 18.1 Å². The van der Waals surface area contributed by atoms with Crippen LogP contribution in [0.4, 0.5) is 11.4 Å². The Bertz CT molecular complexity index is 957. The fraction of sp³-hybridized carbons (Fsp3) is 0.350. The summed E-state index contributed by atoms with van der Waals surface area (Å²) >= 11 is 0. The second-order valence-corrected chi connectivity index (χ2v) is 8.22. The molecule has 0 aromatic heterocycles. The molecule has 2 aromatic rings. The molecule has 2 aromatic carbocycles. The van der Waals surface area contributed by atoms with Crippen LogP contribution in [0.2, 0.25) is 0 Å². The lowest BCUT2D eigenvalue weighted by Crippen LogP contribution is -2.37. The number of amides is 1. The van der Waals surface area contributed by atoms with E-state index >= 15 is 0 Å². The minimum absolute atomic E-state index is 0.265. The van der Waals surface area contributed by atoms with Gasteiger partial charge in [-0.1, -0.05) is 25.1 Å². The molecule has 0 aliphatic heterocycles. The Morgan fingerprint density at radius 2 is 1.86 bits per heavy atom. The average Bonchev–Trinajstić information content (AvgIpc) is 2.66. The summed E-state index contributed by atoms with van der Waals surface area (Å²) in [6.07, 6.45) is 1.80. The van der Waals surface area contributed by atoms with Gasteiger partial charge in [-0.05, 0) is 36.6 Å². The number of para-hydroxylation sites is 1. The molecule has 1 amide bonds. The molecule has 28 heavy (non-hydrogen) atoms. The second kappa shape index (κ2) is 8.97. The van der Waals surface area contributed by atoms with E-state index in [9.17, 15) is 13.2 Å². The summed E-state index contributed by atoms with van der Waals surface area (Å²) in [7, 11) is -0.798. The van der Waals surface area contributed by atoms with Gasteiger partial charge in [0.1, 0.15) is 18.0 Å². The zero-order valence-corrected chi connectivity index (χ0v) is 17.6. The van der Waals surface area contributed by atoms with Gasteiger partial charge in [-0.3, -0.25) is 9.10 Å². The molecule has 0 radical (unpaired) electrons. The van der Waals surface area contributed by atoms with Crippen molar-refractivity contribution in [3.63, 3.8) is 0 Å². The molecule has 0 unspecified atom stereocenters. The largest absolute Gasteiger partial charge is 0.497 e. The Balaban J connectivity index is 2.36. The molecule has 1 N–H and O–H groups in total. The molecule has 0 aliphatic carbocycles. The third kappa shape index (κ3) is 4.95. The van der Waals surface area contributed by atoms with E-state index in [2.05, 4.69) is 5.32 Å². The maximum atomic E-state index is 12.7. The molecule has 8 heteroatoms. The zero-order valence-electron chi connectivity index (χ0n) is 16.8. The molecule has 0 heterocycles. The molecule has 0 spiro atoms. The van der Waals surface area contributed by atoms with Crippen LogP contribution in [0.15, 0.2) is 36.4 Å². The molecule has 0 saturated carbocycles. The molecule has 0 bridgehead atoms. The second-order valence-electron chi connectivity index (χ2n) is 6.32. The van der Waals surface area contributed by atoms with Crippen molar-refractivity contribution < 1.29 is 22.7 Å². The number of rotatable bonds is 8. The van der Waals surface area contributed by atoms with E-state index in [1.54, 1.807) is 18.2 Å². The normalized spacial score (nSPS) is 11.0. The van der Waals surface area contributed by atoms with E-state index in [-0.39, 0.29) is 12.2 Å². The Kier molecular flexibility index (Phi) is 6.90. The number of hydrogen-bond donors (Lipinski definition) is 1. The van der Waals surface area contributed by atoms with Crippen molar-refractivity contribution in [3.05, 3.63) is 47.5 Å².